The number of halogens is 4. The maximum absolute atomic E-state index is 12.9. The standard InChI is InChI=1S/C19H15ClF3N3O4S/c1-11-8-18(24-30-11)25-31(27,28)13-3-5-16-17(10-13)29-7-6-26(16)15-4-2-12(9-14(15)20)19(21,22)23/h2-5,8-10H,6-7H2,1H3,(H,24,25). The third-order valence-corrected chi connectivity index (χ3v) is 6.19. The first-order valence-electron chi connectivity index (χ1n) is 8.92. The van der Waals surface area contributed by atoms with E-state index in [1.54, 1.807) is 11.8 Å². The zero-order valence-electron chi connectivity index (χ0n) is 15.9. The molecule has 4 rings (SSSR count). The summed E-state index contributed by atoms with van der Waals surface area (Å²) in [6.45, 7) is 2.13. The van der Waals surface area contributed by atoms with Crippen LogP contribution in [0.15, 0.2) is 51.9 Å². The summed E-state index contributed by atoms with van der Waals surface area (Å²) < 4.78 is 76.8. The van der Waals surface area contributed by atoms with Crippen LogP contribution in [-0.4, -0.2) is 26.7 Å². The molecule has 1 aromatic heterocycles. The Labute approximate surface area is 180 Å². The van der Waals surface area contributed by atoms with E-state index in [4.69, 9.17) is 20.9 Å². The summed E-state index contributed by atoms with van der Waals surface area (Å²) in [7, 11) is -3.97. The summed E-state index contributed by atoms with van der Waals surface area (Å²) in [4.78, 5) is 1.60. The average molecular weight is 474 g/mol. The Morgan fingerprint density at radius 1 is 1.13 bits per heavy atom. The molecular weight excluding hydrogens is 459 g/mol. The minimum absolute atomic E-state index is 0.0364. The number of anilines is 3. The molecule has 0 aliphatic carbocycles. The molecule has 164 valence electrons. The Bertz CT molecular complexity index is 1240. The molecule has 1 aliphatic rings. The largest absolute Gasteiger partial charge is 0.489 e. The van der Waals surface area contributed by atoms with Gasteiger partial charge in [0.25, 0.3) is 10.0 Å². The summed E-state index contributed by atoms with van der Waals surface area (Å²) in [5.74, 6) is 0.728. The summed E-state index contributed by atoms with van der Waals surface area (Å²) in [5.41, 5.74) is -0.0273. The lowest BCUT2D eigenvalue weighted by Crippen LogP contribution is -2.29. The van der Waals surface area contributed by atoms with E-state index in [2.05, 4.69) is 9.88 Å². The van der Waals surface area contributed by atoms with Gasteiger partial charge in [0.05, 0.1) is 33.4 Å². The fourth-order valence-electron chi connectivity index (χ4n) is 3.13. The zero-order valence-corrected chi connectivity index (χ0v) is 17.5. The second kappa shape index (κ2) is 7.65. The molecule has 0 atom stereocenters. The molecular formula is C19H15ClF3N3O4S. The minimum Gasteiger partial charge on any atom is -0.489 e. The number of ether oxygens (including phenoxy) is 1. The topological polar surface area (TPSA) is 84.7 Å². The Kier molecular flexibility index (Phi) is 5.26. The second-order valence-corrected chi connectivity index (χ2v) is 8.81. The summed E-state index contributed by atoms with van der Waals surface area (Å²) in [6, 6.07) is 8.70. The van der Waals surface area contributed by atoms with Crippen LogP contribution in [0.3, 0.4) is 0 Å². The third-order valence-electron chi connectivity index (χ3n) is 4.54. The molecule has 0 saturated carbocycles. The van der Waals surface area contributed by atoms with Crippen molar-refractivity contribution < 1.29 is 30.8 Å². The van der Waals surface area contributed by atoms with E-state index in [1.807, 2.05) is 0 Å². The van der Waals surface area contributed by atoms with Crippen LogP contribution in [0.1, 0.15) is 11.3 Å². The van der Waals surface area contributed by atoms with Gasteiger partial charge in [-0.2, -0.15) is 13.2 Å². The van der Waals surface area contributed by atoms with Crippen molar-refractivity contribution in [2.45, 2.75) is 18.0 Å². The van der Waals surface area contributed by atoms with Crippen molar-refractivity contribution in [3.05, 3.63) is 58.8 Å². The average Bonchev–Trinajstić information content (AvgIpc) is 3.10. The van der Waals surface area contributed by atoms with Crippen molar-refractivity contribution in [3.63, 3.8) is 0 Å². The van der Waals surface area contributed by atoms with Crippen molar-refractivity contribution in [2.24, 2.45) is 0 Å². The Morgan fingerprint density at radius 2 is 1.87 bits per heavy atom. The van der Waals surface area contributed by atoms with Crippen molar-refractivity contribution in [1.29, 1.82) is 0 Å². The molecule has 12 heteroatoms. The lowest BCUT2D eigenvalue weighted by atomic mass is 10.1. The Morgan fingerprint density at radius 3 is 2.52 bits per heavy atom. The highest BCUT2D eigenvalue weighted by molar-refractivity contribution is 7.92. The lowest BCUT2D eigenvalue weighted by molar-refractivity contribution is -0.137. The Balaban J connectivity index is 1.66. The first kappa shape index (κ1) is 21.3. The highest BCUT2D eigenvalue weighted by Crippen LogP contribution is 2.42. The van der Waals surface area contributed by atoms with Gasteiger partial charge in [-0.25, -0.2) is 8.42 Å². The van der Waals surface area contributed by atoms with E-state index in [-0.39, 0.29) is 28.1 Å². The normalized spacial score (nSPS) is 14.2. The van der Waals surface area contributed by atoms with E-state index < -0.39 is 21.8 Å². The number of aromatic nitrogens is 1. The van der Waals surface area contributed by atoms with Crippen LogP contribution in [0.25, 0.3) is 0 Å². The number of hydrogen-bond acceptors (Lipinski definition) is 6. The molecule has 0 radical (unpaired) electrons. The van der Waals surface area contributed by atoms with Crippen LogP contribution < -0.4 is 14.4 Å². The number of aryl methyl sites for hydroxylation is 1. The van der Waals surface area contributed by atoms with Gasteiger partial charge in [0.15, 0.2) is 5.82 Å². The highest BCUT2D eigenvalue weighted by atomic mass is 35.5. The zero-order chi connectivity index (χ0) is 22.4. The molecule has 7 nitrogen and oxygen atoms in total. The molecule has 0 bridgehead atoms. The van der Waals surface area contributed by atoms with E-state index in [1.165, 1.54) is 30.3 Å². The molecule has 31 heavy (non-hydrogen) atoms. The van der Waals surface area contributed by atoms with Crippen LogP contribution in [0.4, 0.5) is 30.4 Å². The van der Waals surface area contributed by atoms with E-state index in [0.29, 0.717) is 23.7 Å². The van der Waals surface area contributed by atoms with Gasteiger partial charge in [-0.1, -0.05) is 16.8 Å². The fraction of sp³-hybridized carbons (Fsp3) is 0.211. The van der Waals surface area contributed by atoms with Gasteiger partial charge in [-0.15, -0.1) is 0 Å². The summed E-state index contributed by atoms with van der Waals surface area (Å²) in [5, 5.41) is 3.52. The molecule has 0 spiro atoms. The van der Waals surface area contributed by atoms with Gasteiger partial charge in [0.1, 0.15) is 18.1 Å². The van der Waals surface area contributed by atoms with Gasteiger partial charge >= 0.3 is 6.18 Å². The van der Waals surface area contributed by atoms with Crippen LogP contribution in [0.5, 0.6) is 5.75 Å². The monoisotopic (exact) mass is 473 g/mol. The van der Waals surface area contributed by atoms with Gasteiger partial charge in [-0.05, 0) is 37.3 Å². The number of alkyl halides is 3. The first-order valence-corrected chi connectivity index (χ1v) is 10.8. The molecule has 0 fully saturated rings. The SMILES string of the molecule is Cc1cc(NS(=O)(=O)c2ccc3c(c2)OCCN3c2ccc(C(F)(F)F)cc2Cl)no1. The molecule has 0 amide bonds. The molecule has 2 aromatic carbocycles. The third kappa shape index (κ3) is 4.28. The number of fused-ring (bicyclic) bond motifs is 1. The number of hydrogen-bond donors (Lipinski definition) is 1. The number of nitrogens with zero attached hydrogens (tertiary/aromatic N) is 2. The maximum atomic E-state index is 12.9. The van der Waals surface area contributed by atoms with Crippen molar-refractivity contribution in [2.75, 3.05) is 22.8 Å². The smallest absolute Gasteiger partial charge is 0.416 e. The van der Waals surface area contributed by atoms with E-state index in [0.717, 1.165) is 12.1 Å². The van der Waals surface area contributed by atoms with Crippen molar-refractivity contribution in [3.8, 4) is 5.75 Å². The van der Waals surface area contributed by atoms with Crippen LogP contribution in [0, 0.1) is 6.92 Å². The number of rotatable bonds is 4. The first-order chi connectivity index (χ1) is 14.5. The van der Waals surface area contributed by atoms with E-state index >= 15 is 0 Å². The van der Waals surface area contributed by atoms with Crippen molar-refractivity contribution >= 4 is 38.8 Å². The van der Waals surface area contributed by atoms with Gasteiger partial charge in [0.2, 0.25) is 0 Å². The lowest BCUT2D eigenvalue weighted by Gasteiger charge is -2.32. The number of sulfonamides is 1. The maximum Gasteiger partial charge on any atom is 0.416 e. The summed E-state index contributed by atoms with van der Waals surface area (Å²) >= 11 is 6.13. The molecule has 0 saturated heterocycles. The van der Waals surface area contributed by atoms with Crippen LogP contribution in [-0.2, 0) is 16.2 Å². The Hall–Kier alpha value is -2.92. The molecule has 3 aromatic rings. The molecule has 2 heterocycles. The second-order valence-electron chi connectivity index (χ2n) is 6.72. The van der Waals surface area contributed by atoms with Gasteiger partial charge < -0.3 is 14.2 Å². The minimum atomic E-state index is -4.51. The quantitative estimate of drug-likeness (QED) is 0.575. The fourth-order valence-corrected chi connectivity index (χ4v) is 4.41. The van der Waals surface area contributed by atoms with Gasteiger partial charge in [0, 0.05) is 12.1 Å². The van der Waals surface area contributed by atoms with Crippen LogP contribution in [0.2, 0.25) is 5.02 Å². The van der Waals surface area contributed by atoms with E-state index in [9.17, 15) is 21.6 Å². The van der Waals surface area contributed by atoms with Crippen LogP contribution >= 0.6 is 11.6 Å². The predicted molar refractivity (Wildman–Crippen MR) is 107 cm³/mol. The molecule has 1 N–H and O–H groups in total. The van der Waals surface area contributed by atoms with Gasteiger partial charge in [-0.3, -0.25) is 4.72 Å². The highest BCUT2D eigenvalue weighted by Gasteiger charge is 2.32. The summed E-state index contributed by atoms with van der Waals surface area (Å²) in [6.07, 6.45) is -4.51. The predicted octanol–water partition coefficient (Wildman–Crippen LogP) is 4.99. The molecule has 0 unspecified atom stereocenters. The van der Waals surface area contributed by atoms with Crippen molar-refractivity contribution in [1.82, 2.24) is 5.16 Å². The molecule has 1 aliphatic heterocycles. The number of benzene rings is 2. The number of nitrogens with one attached hydrogen (secondary N) is 1.